The largest absolute Gasteiger partial charge is 0.398 e. The van der Waals surface area contributed by atoms with Gasteiger partial charge in [-0.05, 0) is 73.5 Å². The summed E-state index contributed by atoms with van der Waals surface area (Å²) in [6, 6.07) is 26.5. The SMILES string of the molecule is CC.CC.CC(=O)C(N)C(=O)Nc1ccccc1.CC(=O)C(N)C(=O)Nc1ccccc1.Nc1ccc(-c2ccc(N)c(Cl)c2)cc1Cl. The van der Waals surface area contributed by atoms with Gasteiger partial charge >= 0.3 is 0 Å². The fourth-order valence-electron chi connectivity index (χ4n) is 3.27. The van der Waals surface area contributed by atoms with E-state index in [1.165, 1.54) is 13.8 Å². The van der Waals surface area contributed by atoms with Crippen molar-refractivity contribution >= 4 is 69.3 Å². The molecule has 0 spiro atoms. The van der Waals surface area contributed by atoms with E-state index in [9.17, 15) is 19.2 Å². The van der Waals surface area contributed by atoms with Gasteiger partial charge in [0.25, 0.3) is 0 Å². The maximum atomic E-state index is 11.3. The van der Waals surface area contributed by atoms with Crippen molar-refractivity contribution in [2.75, 3.05) is 22.1 Å². The number of para-hydroxylation sites is 2. The van der Waals surface area contributed by atoms with Crippen LogP contribution in [0.3, 0.4) is 0 Å². The van der Waals surface area contributed by atoms with Gasteiger partial charge in [0.2, 0.25) is 11.8 Å². The molecule has 0 radical (unpaired) electrons. The standard InChI is InChI=1S/C12H10Cl2N2.2C10H12N2O2.2C2H6/c13-9-5-7(1-3-11(9)15)8-2-4-12(16)10(14)6-8;2*1-7(13)9(11)10(14)12-8-5-3-2-4-6-8;2*1-2/h1-6H,15-16H2;2*2-6,9H,11H2,1H3,(H,12,14);2*1-2H3. The van der Waals surface area contributed by atoms with E-state index in [0.717, 1.165) is 11.1 Å². The second-order valence-electron chi connectivity index (χ2n) is 9.36. The van der Waals surface area contributed by atoms with Crippen molar-refractivity contribution < 1.29 is 19.2 Å². The van der Waals surface area contributed by atoms with Crippen molar-refractivity contribution in [3.8, 4) is 11.1 Å². The van der Waals surface area contributed by atoms with E-state index in [4.69, 9.17) is 46.1 Å². The summed E-state index contributed by atoms with van der Waals surface area (Å²) in [5.74, 6) is -1.66. The highest BCUT2D eigenvalue weighted by Crippen LogP contribution is 2.30. The summed E-state index contributed by atoms with van der Waals surface area (Å²) < 4.78 is 0. The lowest BCUT2D eigenvalue weighted by Crippen LogP contribution is -2.41. The minimum absolute atomic E-state index is 0.349. The van der Waals surface area contributed by atoms with Crippen LogP contribution in [-0.4, -0.2) is 35.5 Å². The first-order chi connectivity index (χ1) is 22.8. The van der Waals surface area contributed by atoms with Crippen molar-refractivity contribution in [1.82, 2.24) is 0 Å². The number of ketones is 2. The third-order valence-corrected chi connectivity index (χ3v) is 6.51. The van der Waals surface area contributed by atoms with Gasteiger partial charge in [-0.3, -0.25) is 19.2 Å². The molecule has 10 nitrogen and oxygen atoms in total. The Labute approximate surface area is 293 Å². The van der Waals surface area contributed by atoms with Crippen LogP contribution in [-0.2, 0) is 19.2 Å². The first-order valence-electron chi connectivity index (χ1n) is 15.1. The lowest BCUT2D eigenvalue weighted by molar-refractivity contribution is -0.127. The molecule has 0 heterocycles. The average molecular weight is 698 g/mol. The third-order valence-electron chi connectivity index (χ3n) is 5.86. The monoisotopic (exact) mass is 696 g/mol. The Balaban J connectivity index is 0.000000657. The van der Waals surface area contributed by atoms with Gasteiger partial charge in [-0.15, -0.1) is 0 Å². The van der Waals surface area contributed by atoms with E-state index in [2.05, 4.69) is 10.6 Å². The first kappa shape index (κ1) is 43.3. The Morgan fingerprint density at radius 3 is 1.08 bits per heavy atom. The van der Waals surface area contributed by atoms with Gasteiger partial charge in [-0.25, -0.2) is 0 Å². The molecule has 258 valence electrons. The number of hydrogen-bond donors (Lipinski definition) is 6. The Morgan fingerprint density at radius 1 is 0.542 bits per heavy atom. The topological polar surface area (TPSA) is 196 Å². The molecule has 0 bridgehead atoms. The predicted molar refractivity (Wildman–Crippen MR) is 201 cm³/mol. The molecule has 0 aromatic heterocycles. The zero-order valence-electron chi connectivity index (χ0n) is 28.1. The van der Waals surface area contributed by atoms with E-state index in [0.29, 0.717) is 32.8 Å². The maximum Gasteiger partial charge on any atom is 0.248 e. The number of Topliss-reactive ketones (excluding diaryl/α,β-unsaturated/α-hetero) is 2. The van der Waals surface area contributed by atoms with Gasteiger partial charge in [0.15, 0.2) is 11.6 Å². The highest BCUT2D eigenvalue weighted by molar-refractivity contribution is 6.34. The molecule has 4 rings (SSSR count). The second kappa shape index (κ2) is 23.6. The lowest BCUT2D eigenvalue weighted by Gasteiger charge is -2.08. The van der Waals surface area contributed by atoms with Crippen molar-refractivity contribution in [3.63, 3.8) is 0 Å². The lowest BCUT2D eigenvalue weighted by atomic mass is 10.1. The molecule has 4 aromatic rings. The molecule has 0 aliphatic heterocycles. The molecule has 0 saturated carbocycles. The van der Waals surface area contributed by atoms with Gasteiger partial charge in [-0.1, -0.05) is 99.4 Å². The fraction of sp³-hybridized carbons (Fsp3) is 0.222. The van der Waals surface area contributed by atoms with Crippen molar-refractivity contribution in [2.45, 2.75) is 53.6 Å². The molecule has 4 aromatic carbocycles. The quantitative estimate of drug-likeness (QED) is 0.0880. The number of nitrogen functional groups attached to an aromatic ring is 2. The van der Waals surface area contributed by atoms with Gasteiger partial charge in [0.1, 0.15) is 12.1 Å². The molecule has 2 amide bonds. The van der Waals surface area contributed by atoms with Gasteiger partial charge in [0.05, 0.1) is 21.4 Å². The van der Waals surface area contributed by atoms with Crippen LogP contribution in [0.1, 0.15) is 41.5 Å². The van der Waals surface area contributed by atoms with Crippen molar-refractivity contribution in [1.29, 1.82) is 0 Å². The Kier molecular flexibility index (Phi) is 21.2. The summed E-state index contributed by atoms with van der Waals surface area (Å²) in [6.07, 6.45) is 0. The summed E-state index contributed by atoms with van der Waals surface area (Å²) >= 11 is 11.9. The van der Waals surface area contributed by atoms with E-state index in [-0.39, 0.29) is 11.6 Å². The van der Waals surface area contributed by atoms with Crippen LogP contribution in [0.4, 0.5) is 22.7 Å². The summed E-state index contributed by atoms with van der Waals surface area (Å²) in [7, 11) is 0. The Morgan fingerprint density at radius 2 is 0.833 bits per heavy atom. The summed E-state index contributed by atoms with van der Waals surface area (Å²) in [6.45, 7) is 10.6. The minimum atomic E-state index is -1.09. The first-order valence-corrected chi connectivity index (χ1v) is 15.9. The van der Waals surface area contributed by atoms with Crippen LogP contribution >= 0.6 is 23.2 Å². The zero-order chi connectivity index (χ0) is 36.8. The number of amides is 2. The van der Waals surface area contributed by atoms with E-state index >= 15 is 0 Å². The normalized spacial score (nSPS) is 10.6. The third kappa shape index (κ3) is 15.7. The Bertz CT molecular complexity index is 1470. The summed E-state index contributed by atoms with van der Waals surface area (Å²) in [4.78, 5) is 44.2. The molecule has 48 heavy (non-hydrogen) atoms. The van der Waals surface area contributed by atoms with Crippen LogP contribution in [0.15, 0.2) is 97.1 Å². The number of carbonyl (C=O) groups is 4. The second-order valence-corrected chi connectivity index (χ2v) is 10.2. The van der Waals surface area contributed by atoms with Crippen LogP contribution < -0.4 is 33.6 Å². The number of nitrogens with one attached hydrogen (secondary N) is 2. The van der Waals surface area contributed by atoms with Gasteiger partial charge < -0.3 is 33.6 Å². The van der Waals surface area contributed by atoms with Crippen molar-refractivity contribution in [2.24, 2.45) is 11.5 Å². The smallest absolute Gasteiger partial charge is 0.248 e. The molecule has 2 atom stereocenters. The van der Waals surface area contributed by atoms with E-state index in [1.807, 2.05) is 52.0 Å². The zero-order valence-corrected chi connectivity index (χ0v) is 29.6. The van der Waals surface area contributed by atoms with Crippen LogP contribution in [0, 0.1) is 0 Å². The molecule has 0 saturated heterocycles. The van der Waals surface area contributed by atoms with Crippen LogP contribution in [0.2, 0.25) is 10.0 Å². The molecular weight excluding hydrogens is 651 g/mol. The molecule has 2 unspecified atom stereocenters. The number of rotatable bonds is 7. The molecule has 10 N–H and O–H groups in total. The highest BCUT2D eigenvalue weighted by Gasteiger charge is 2.18. The number of nitrogens with two attached hydrogens (primary N) is 4. The Hall–Kier alpha value is -4.74. The van der Waals surface area contributed by atoms with Crippen LogP contribution in [0.5, 0.6) is 0 Å². The number of carbonyl (C=O) groups excluding carboxylic acids is 4. The number of hydrogen-bond acceptors (Lipinski definition) is 8. The average Bonchev–Trinajstić information content (AvgIpc) is 3.09. The molecule has 12 heteroatoms. The summed E-state index contributed by atoms with van der Waals surface area (Å²) in [5.41, 5.74) is 26.3. The number of anilines is 4. The van der Waals surface area contributed by atoms with Crippen molar-refractivity contribution in [3.05, 3.63) is 107 Å². The minimum Gasteiger partial charge on any atom is -0.398 e. The highest BCUT2D eigenvalue weighted by atomic mass is 35.5. The predicted octanol–water partition coefficient (Wildman–Crippen LogP) is 6.96. The van der Waals surface area contributed by atoms with E-state index in [1.54, 1.807) is 72.8 Å². The van der Waals surface area contributed by atoms with Gasteiger partial charge in [-0.2, -0.15) is 0 Å². The van der Waals surface area contributed by atoms with Crippen LogP contribution in [0.25, 0.3) is 11.1 Å². The fourth-order valence-corrected chi connectivity index (χ4v) is 3.63. The molecule has 0 fully saturated rings. The molecule has 0 aliphatic rings. The number of halogens is 2. The van der Waals surface area contributed by atoms with Gasteiger partial charge in [0, 0.05) is 11.4 Å². The maximum absolute atomic E-state index is 11.3. The van der Waals surface area contributed by atoms with E-state index < -0.39 is 23.9 Å². The molecular formula is C36H46Cl2N6O4. The number of benzene rings is 4. The molecule has 0 aliphatic carbocycles. The summed E-state index contributed by atoms with van der Waals surface area (Å²) in [5, 5.41) is 6.14.